The maximum Gasteiger partial charge on any atom is 0.408 e. The summed E-state index contributed by atoms with van der Waals surface area (Å²) in [5.41, 5.74) is -2.72. The summed E-state index contributed by atoms with van der Waals surface area (Å²) in [7, 11) is -3.82. The largest absolute Gasteiger partial charge is 0.479 e. The first-order chi connectivity index (χ1) is 8.25. The Morgan fingerprint density at radius 3 is 2.00 bits per heavy atom. The number of aliphatic carboxylic acids is 1. The molecule has 0 rings (SSSR count). The van der Waals surface area contributed by atoms with Crippen LogP contribution in [0.15, 0.2) is 0 Å². The molecule has 0 saturated carbocycles. The molecule has 0 spiro atoms. The Labute approximate surface area is 112 Å². The van der Waals surface area contributed by atoms with Crippen LogP contribution in [0.5, 0.6) is 0 Å². The van der Waals surface area contributed by atoms with Gasteiger partial charge in [0.05, 0.1) is 6.26 Å². The third-order valence-electron chi connectivity index (χ3n) is 1.81. The van der Waals surface area contributed by atoms with Crippen molar-refractivity contribution in [1.82, 2.24) is 5.32 Å². The number of rotatable bonds is 5. The molecule has 0 heterocycles. The van der Waals surface area contributed by atoms with E-state index in [9.17, 15) is 18.0 Å². The van der Waals surface area contributed by atoms with Crippen molar-refractivity contribution in [3.8, 4) is 0 Å². The molecule has 0 aliphatic heterocycles. The molecule has 0 bridgehead atoms. The Morgan fingerprint density at radius 1 is 1.21 bits per heavy atom. The van der Waals surface area contributed by atoms with Gasteiger partial charge in [-0.1, -0.05) is 0 Å². The molecule has 19 heavy (non-hydrogen) atoms. The average Bonchev–Trinajstić information content (AvgIpc) is 2.10. The van der Waals surface area contributed by atoms with E-state index in [0.29, 0.717) is 0 Å². The number of carboxylic acids is 1. The normalized spacial score (nSPS) is 15.4. The van der Waals surface area contributed by atoms with Crippen molar-refractivity contribution in [3.63, 3.8) is 0 Å². The summed E-state index contributed by atoms with van der Waals surface area (Å²) < 4.78 is 31.0. The van der Waals surface area contributed by atoms with E-state index < -0.39 is 39.9 Å². The van der Waals surface area contributed by atoms with Gasteiger partial charge in [0.25, 0.3) is 10.1 Å². The van der Waals surface area contributed by atoms with Crippen LogP contribution in [0.25, 0.3) is 0 Å². The zero-order chi connectivity index (χ0) is 15.5. The zero-order valence-electron chi connectivity index (χ0n) is 11.5. The van der Waals surface area contributed by atoms with E-state index in [1.54, 1.807) is 20.8 Å². The summed E-state index contributed by atoms with van der Waals surface area (Å²) in [6.07, 6.45) is -0.197. The SMILES string of the molecule is CC(C)(C)OC(=O)N[C@](C)(COS(C)(=O)=O)C(=O)O. The molecule has 0 radical (unpaired) electrons. The summed E-state index contributed by atoms with van der Waals surface area (Å²) in [6, 6.07) is 0. The molecule has 9 heteroatoms. The molecule has 0 aromatic heterocycles. The highest BCUT2D eigenvalue weighted by Gasteiger charge is 2.38. The lowest BCUT2D eigenvalue weighted by atomic mass is 10.1. The van der Waals surface area contributed by atoms with Gasteiger partial charge in [-0.05, 0) is 27.7 Å². The Kier molecular flexibility index (Phi) is 5.33. The molecule has 0 unspecified atom stereocenters. The molecule has 0 aromatic rings. The Morgan fingerprint density at radius 2 is 1.68 bits per heavy atom. The standard InChI is InChI=1S/C10H19NO7S/c1-9(2,3)18-8(14)11-10(4,7(12)13)6-17-19(5,15)16/h6H2,1-5H3,(H,11,14)(H,12,13)/t10-/m1/s1. The van der Waals surface area contributed by atoms with Crippen LogP contribution in [0.1, 0.15) is 27.7 Å². The summed E-state index contributed by atoms with van der Waals surface area (Å²) in [6.45, 7) is 5.21. The fourth-order valence-electron chi connectivity index (χ4n) is 0.905. The Hall–Kier alpha value is -1.35. The number of ether oxygens (including phenoxy) is 1. The van der Waals surface area contributed by atoms with E-state index >= 15 is 0 Å². The fraction of sp³-hybridized carbons (Fsp3) is 0.800. The van der Waals surface area contributed by atoms with Gasteiger partial charge in [0.15, 0.2) is 5.54 Å². The van der Waals surface area contributed by atoms with E-state index in [2.05, 4.69) is 9.50 Å². The summed E-state index contributed by atoms with van der Waals surface area (Å²) in [4.78, 5) is 22.6. The highest BCUT2D eigenvalue weighted by atomic mass is 32.2. The number of amides is 1. The fourth-order valence-corrected chi connectivity index (χ4v) is 1.35. The zero-order valence-corrected chi connectivity index (χ0v) is 12.3. The van der Waals surface area contributed by atoms with E-state index in [-0.39, 0.29) is 0 Å². The number of carboxylic acid groups (broad SMARTS) is 1. The molecule has 0 fully saturated rings. The van der Waals surface area contributed by atoms with Crippen LogP contribution in [0, 0.1) is 0 Å². The lowest BCUT2D eigenvalue weighted by molar-refractivity contribution is -0.145. The maximum absolute atomic E-state index is 11.5. The minimum Gasteiger partial charge on any atom is -0.479 e. The molecule has 0 aliphatic carbocycles. The van der Waals surface area contributed by atoms with Crippen molar-refractivity contribution in [2.75, 3.05) is 12.9 Å². The maximum atomic E-state index is 11.5. The van der Waals surface area contributed by atoms with Crippen LogP contribution in [0.3, 0.4) is 0 Å². The molecule has 2 N–H and O–H groups in total. The molecule has 0 aromatic carbocycles. The van der Waals surface area contributed by atoms with E-state index in [1.165, 1.54) is 0 Å². The van der Waals surface area contributed by atoms with Crippen LogP contribution in [-0.2, 0) is 23.8 Å². The van der Waals surface area contributed by atoms with Crippen molar-refractivity contribution in [3.05, 3.63) is 0 Å². The lowest BCUT2D eigenvalue weighted by Crippen LogP contribution is -2.56. The minimum atomic E-state index is -3.82. The Bertz CT molecular complexity index is 451. The quantitative estimate of drug-likeness (QED) is 0.702. The number of carbonyl (C=O) groups excluding carboxylic acids is 1. The first-order valence-electron chi connectivity index (χ1n) is 5.34. The van der Waals surface area contributed by atoms with Gasteiger partial charge in [0, 0.05) is 0 Å². The van der Waals surface area contributed by atoms with Crippen molar-refractivity contribution in [2.24, 2.45) is 0 Å². The molecule has 0 aliphatic rings. The molecular formula is C10H19NO7S. The molecule has 1 amide bonds. The van der Waals surface area contributed by atoms with Gasteiger partial charge >= 0.3 is 12.1 Å². The first-order valence-corrected chi connectivity index (χ1v) is 7.16. The van der Waals surface area contributed by atoms with E-state index in [4.69, 9.17) is 9.84 Å². The van der Waals surface area contributed by atoms with Gasteiger partial charge in [-0.25, -0.2) is 9.59 Å². The van der Waals surface area contributed by atoms with Crippen LogP contribution in [0.4, 0.5) is 4.79 Å². The van der Waals surface area contributed by atoms with Gasteiger partial charge in [0.2, 0.25) is 0 Å². The third kappa shape index (κ3) is 7.62. The number of carbonyl (C=O) groups is 2. The van der Waals surface area contributed by atoms with Crippen LogP contribution in [0.2, 0.25) is 0 Å². The second-order valence-corrected chi connectivity index (χ2v) is 6.87. The van der Waals surface area contributed by atoms with Gasteiger partial charge in [-0.3, -0.25) is 4.18 Å². The second-order valence-electron chi connectivity index (χ2n) is 5.23. The van der Waals surface area contributed by atoms with E-state index in [1.807, 2.05) is 0 Å². The number of hydrogen-bond acceptors (Lipinski definition) is 6. The average molecular weight is 297 g/mol. The number of alkyl carbamates (subject to hydrolysis) is 1. The van der Waals surface area contributed by atoms with Crippen molar-refractivity contribution >= 4 is 22.2 Å². The molecular weight excluding hydrogens is 278 g/mol. The number of nitrogens with one attached hydrogen (secondary N) is 1. The third-order valence-corrected chi connectivity index (χ3v) is 2.36. The van der Waals surface area contributed by atoms with Crippen molar-refractivity contribution < 1.29 is 32.0 Å². The molecule has 8 nitrogen and oxygen atoms in total. The minimum absolute atomic E-state index is 0.736. The Balaban J connectivity index is 4.82. The summed E-state index contributed by atoms with van der Waals surface area (Å²) >= 11 is 0. The van der Waals surface area contributed by atoms with Crippen molar-refractivity contribution in [2.45, 2.75) is 38.8 Å². The topological polar surface area (TPSA) is 119 Å². The second kappa shape index (κ2) is 5.74. The van der Waals surface area contributed by atoms with Crippen LogP contribution >= 0.6 is 0 Å². The molecule has 112 valence electrons. The molecule has 0 saturated heterocycles. The van der Waals surface area contributed by atoms with E-state index in [0.717, 1.165) is 13.2 Å². The van der Waals surface area contributed by atoms with Gasteiger partial charge < -0.3 is 15.2 Å². The summed E-state index contributed by atoms with van der Waals surface area (Å²) in [5.74, 6) is -1.44. The smallest absolute Gasteiger partial charge is 0.408 e. The molecule has 1 atom stereocenters. The highest BCUT2D eigenvalue weighted by Crippen LogP contribution is 2.11. The lowest BCUT2D eigenvalue weighted by Gasteiger charge is -2.27. The summed E-state index contributed by atoms with van der Waals surface area (Å²) in [5, 5.41) is 11.1. The highest BCUT2D eigenvalue weighted by molar-refractivity contribution is 7.85. The van der Waals surface area contributed by atoms with Gasteiger partial charge in [-0.15, -0.1) is 0 Å². The van der Waals surface area contributed by atoms with Crippen molar-refractivity contribution in [1.29, 1.82) is 0 Å². The van der Waals surface area contributed by atoms with Crippen LogP contribution in [-0.4, -0.2) is 49.6 Å². The van der Waals surface area contributed by atoms with Gasteiger partial charge in [-0.2, -0.15) is 8.42 Å². The monoisotopic (exact) mass is 297 g/mol. The van der Waals surface area contributed by atoms with Crippen LogP contribution < -0.4 is 5.32 Å². The number of hydrogen-bond donors (Lipinski definition) is 2. The predicted molar refractivity (Wildman–Crippen MR) is 66.2 cm³/mol. The predicted octanol–water partition coefficient (Wildman–Crippen LogP) is 0.331. The first kappa shape index (κ1) is 17.6. The van der Waals surface area contributed by atoms with Gasteiger partial charge in [0.1, 0.15) is 12.2 Å².